The summed E-state index contributed by atoms with van der Waals surface area (Å²) in [4.78, 5) is 51.7. The van der Waals surface area contributed by atoms with E-state index in [1.165, 1.54) is 4.90 Å². The number of benzene rings is 2. The summed E-state index contributed by atoms with van der Waals surface area (Å²) in [6, 6.07) is 11.3. The molecular weight excluding hydrogens is 374 g/mol. The number of carbonyl (C=O) groups is 4. The Hall–Kier alpha value is -3.94. The van der Waals surface area contributed by atoms with Gasteiger partial charge in [0.1, 0.15) is 12.3 Å². The van der Waals surface area contributed by atoms with Crippen molar-refractivity contribution in [2.75, 3.05) is 29.9 Å². The van der Waals surface area contributed by atoms with Gasteiger partial charge in [0, 0.05) is 12.2 Å². The zero-order chi connectivity index (χ0) is 20.5. The minimum absolute atomic E-state index is 0.0632. The molecule has 0 saturated carbocycles. The molecular formula is C21H17N3O5. The molecule has 0 aliphatic carbocycles. The average Bonchev–Trinajstić information content (AvgIpc) is 2.95. The van der Waals surface area contributed by atoms with Crippen LogP contribution in [0.3, 0.4) is 0 Å². The highest BCUT2D eigenvalue weighted by molar-refractivity contribution is 6.22. The van der Waals surface area contributed by atoms with Crippen LogP contribution in [0.4, 0.5) is 11.4 Å². The summed E-state index contributed by atoms with van der Waals surface area (Å²) in [6.07, 6.45) is 1.60. The van der Waals surface area contributed by atoms with E-state index in [1.807, 2.05) is 0 Å². The van der Waals surface area contributed by atoms with Gasteiger partial charge in [0.05, 0.1) is 16.8 Å². The Morgan fingerprint density at radius 2 is 1.76 bits per heavy atom. The van der Waals surface area contributed by atoms with Gasteiger partial charge in [-0.15, -0.1) is 6.58 Å². The maximum Gasteiger partial charge on any atom is 0.265 e. The topological polar surface area (TPSA) is 96.0 Å². The third-order valence-corrected chi connectivity index (χ3v) is 4.68. The van der Waals surface area contributed by atoms with Gasteiger partial charge in [-0.05, 0) is 30.3 Å². The third kappa shape index (κ3) is 3.25. The van der Waals surface area contributed by atoms with E-state index in [4.69, 9.17) is 4.74 Å². The van der Waals surface area contributed by atoms with Crippen molar-refractivity contribution in [3.63, 3.8) is 0 Å². The molecule has 0 spiro atoms. The molecule has 0 atom stereocenters. The zero-order valence-corrected chi connectivity index (χ0v) is 15.4. The largest absolute Gasteiger partial charge is 0.482 e. The fourth-order valence-corrected chi connectivity index (χ4v) is 3.34. The Morgan fingerprint density at radius 1 is 1.07 bits per heavy atom. The highest BCUT2D eigenvalue weighted by Gasteiger charge is 2.36. The van der Waals surface area contributed by atoms with Gasteiger partial charge in [-0.3, -0.25) is 24.1 Å². The van der Waals surface area contributed by atoms with Crippen LogP contribution in [0.15, 0.2) is 55.1 Å². The smallest absolute Gasteiger partial charge is 0.265 e. The Kier molecular flexibility index (Phi) is 4.59. The van der Waals surface area contributed by atoms with Gasteiger partial charge in [-0.25, -0.2) is 0 Å². The number of fused-ring (bicyclic) bond motifs is 2. The van der Waals surface area contributed by atoms with Gasteiger partial charge in [-0.2, -0.15) is 0 Å². The molecule has 0 radical (unpaired) electrons. The number of carbonyl (C=O) groups excluding carboxylic acids is 4. The highest BCUT2D eigenvalue weighted by Crippen LogP contribution is 2.34. The number of nitrogens with one attached hydrogen (secondary N) is 1. The van der Waals surface area contributed by atoms with Gasteiger partial charge in [-0.1, -0.05) is 18.2 Å². The van der Waals surface area contributed by atoms with E-state index in [-0.39, 0.29) is 23.6 Å². The van der Waals surface area contributed by atoms with E-state index >= 15 is 0 Å². The van der Waals surface area contributed by atoms with Crippen LogP contribution >= 0.6 is 0 Å². The third-order valence-electron chi connectivity index (χ3n) is 4.68. The van der Waals surface area contributed by atoms with E-state index in [0.29, 0.717) is 23.7 Å². The minimum atomic E-state index is -0.530. The molecule has 2 aromatic carbocycles. The molecule has 2 heterocycles. The van der Waals surface area contributed by atoms with Crippen LogP contribution in [0.1, 0.15) is 20.7 Å². The molecule has 0 bridgehead atoms. The summed E-state index contributed by atoms with van der Waals surface area (Å²) in [5, 5.41) is 2.66. The maximum absolute atomic E-state index is 12.5. The molecule has 4 rings (SSSR count). The predicted octanol–water partition coefficient (Wildman–Crippen LogP) is 1.83. The normalized spacial score (nSPS) is 15.0. The van der Waals surface area contributed by atoms with Crippen LogP contribution in [0.5, 0.6) is 5.75 Å². The van der Waals surface area contributed by atoms with Crippen molar-refractivity contribution in [1.82, 2.24) is 4.90 Å². The molecule has 29 heavy (non-hydrogen) atoms. The minimum Gasteiger partial charge on any atom is -0.482 e. The first-order valence-electron chi connectivity index (χ1n) is 8.93. The summed E-state index contributed by atoms with van der Waals surface area (Å²) >= 11 is 0. The van der Waals surface area contributed by atoms with Crippen LogP contribution in [0, 0.1) is 0 Å². The molecule has 2 aliphatic rings. The Labute approximate surface area is 166 Å². The standard InChI is InChI=1S/C21H17N3O5/c1-2-9-23-16-10-13(7-8-17(16)29-12-19(23)26)22-18(25)11-24-20(27)14-5-3-4-6-15(14)21(24)28/h2-8,10H,1,9,11-12H2,(H,22,25). The summed E-state index contributed by atoms with van der Waals surface area (Å²) in [6.45, 7) is 3.48. The number of rotatable bonds is 5. The van der Waals surface area contributed by atoms with Gasteiger partial charge < -0.3 is 15.0 Å². The zero-order valence-electron chi connectivity index (χ0n) is 15.4. The van der Waals surface area contributed by atoms with Gasteiger partial charge in [0.15, 0.2) is 6.61 Å². The first kappa shape index (κ1) is 18.4. The number of amides is 4. The van der Waals surface area contributed by atoms with Crippen LogP contribution in [0.2, 0.25) is 0 Å². The van der Waals surface area contributed by atoms with Crippen molar-refractivity contribution in [3.8, 4) is 5.75 Å². The van der Waals surface area contributed by atoms with Crippen molar-refractivity contribution < 1.29 is 23.9 Å². The number of nitrogens with zero attached hydrogens (tertiary/aromatic N) is 2. The number of imide groups is 1. The summed E-state index contributed by atoms with van der Waals surface area (Å²) < 4.78 is 5.41. The quantitative estimate of drug-likeness (QED) is 0.620. The maximum atomic E-state index is 12.5. The Bertz CT molecular complexity index is 1030. The Morgan fingerprint density at radius 3 is 2.41 bits per heavy atom. The SMILES string of the molecule is C=CCN1C(=O)COc2ccc(NC(=O)CN3C(=O)c4ccccc4C3=O)cc21. The van der Waals surface area contributed by atoms with Gasteiger partial charge in [0.2, 0.25) is 5.91 Å². The average molecular weight is 391 g/mol. The molecule has 2 aromatic rings. The lowest BCUT2D eigenvalue weighted by molar-refractivity contribution is -0.121. The van der Waals surface area contributed by atoms with E-state index in [9.17, 15) is 19.2 Å². The summed E-state index contributed by atoms with van der Waals surface area (Å²) in [5.41, 5.74) is 1.50. The monoisotopic (exact) mass is 391 g/mol. The van der Waals surface area contributed by atoms with Crippen molar-refractivity contribution in [1.29, 1.82) is 0 Å². The number of hydrogen-bond acceptors (Lipinski definition) is 5. The number of anilines is 2. The molecule has 146 valence electrons. The van der Waals surface area contributed by atoms with Crippen molar-refractivity contribution >= 4 is 35.0 Å². The van der Waals surface area contributed by atoms with Crippen LogP contribution in [0.25, 0.3) is 0 Å². The van der Waals surface area contributed by atoms with Crippen LogP contribution in [-0.4, -0.2) is 48.2 Å². The second kappa shape index (κ2) is 7.23. The molecule has 0 aromatic heterocycles. The Balaban J connectivity index is 1.50. The van der Waals surface area contributed by atoms with Crippen LogP contribution in [-0.2, 0) is 9.59 Å². The summed E-state index contributed by atoms with van der Waals surface area (Å²) in [5.74, 6) is -1.22. The molecule has 8 heteroatoms. The lowest BCUT2D eigenvalue weighted by Crippen LogP contribution is -2.39. The first-order chi connectivity index (χ1) is 14.0. The van der Waals surface area contributed by atoms with Crippen LogP contribution < -0.4 is 15.0 Å². The highest BCUT2D eigenvalue weighted by atomic mass is 16.5. The van der Waals surface area contributed by atoms with Crippen molar-refractivity contribution in [2.24, 2.45) is 0 Å². The fourth-order valence-electron chi connectivity index (χ4n) is 3.34. The number of hydrogen-bond donors (Lipinski definition) is 1. The van der Waals surface area contributed by atoms with E-state index in [1.54, 1.807) is 48.5 Å². The predicted molar refractivity (Wildman–Crippen MR) is 105 cm³/mol. The van der Waals surface area contributed by atoms with Crippen molar-refractivity contribution in [3.05, 3.63) is 66.2 Å². The molecule has 0 saturated heterocycles. The first-order valence-corrected chi connectivity index (χ1v) is 8.93. The van der Waals surface area contributed by atoms with Crippen molar-refractivity contribution in [2.45, 2.75) is 0 Å². The fraction of sp³-hybridized carbons (Fsp3) is 0.143. The molecule has 8 nitrogen and oxygen atoms in total. The lowest BCUT2D eigenvalue weighted by Gasteiger charge is -2.29. The molecule has 2 aliphatic heterocycles. The number of ether oxygens (including phenoxy) is 1. The summed E-state index contributed by atoms with van der Waals surface area (Å²) in [7, 11) is 0. The second-order valence-corrected chi connectivity index (χ2v) is 6.55. The van der Waals surface area contributed by atoms with Gasteiger partial charge >= 0.3 is 0 Å². The van der Waals surface area contributed by atoms with E-state index in [2.05, 4.69) is 11.9 Å². The second-order valence-electron chi connectivity index (χ2n) is 6.55. The van der Waals surface area contributed by atoms with E-state index in [0.717, 1.165) is 4.90 Å². The molecule has 4 amide bonds. The van der Waals surface area contributed by atoms with E-state index < -0.39 is 24.3 Å². The van der Waals surface area contributed by atoms with Gasteiger partial charge in [0.25, 0.3) is 17.7 Å². The molecule has 0 fully saturated rings. The lowest BCUT2D eigenvalue weighted by atomic mass is 10.1. The molecule has 1 N–H and O–H groups in total. The molecule has 0 unspecified atom stereocenters.